The minimum absolute atomic E-state index is 0.0208. The predicted octanol–water partition coefficient (Wildman–Crippen LogP) is 7.86. The number of pyridine rings is 1. The molecule has 5 aromatic rings. The number of aromatic amines is 1. The number of fused-ring (bicyclic) bond motifs is 4. The van der Waals surface area contributed by atoms with Gasteiger partial charge in [0.05, 0.1) is 65.2 Å². The summed E-state index contributed by atoms with van der Waals surface area (Å²) in [5, 5.41) is 16.3. The van der Waals surface area contributed by atoms with Gasteiger partial charge in [0, 0.05) is 60.1 Å². The second-order valence-electron chi connectivity index (χ2n) is 20.3. The van der Waals surface area contributed by atoms with Gasteiger partial charge in [-0.15, -0.1) is 0 Å². The van der Waals surface area contributed by atoms with Gasteiger partial charge in [0.1, 0.15) is 29.8 Å². The van der Waals surface area contributed by atoms with E-state index in [1.165, 1.54) is 18.1 Å². The average molecular weight is 977 g/mol. The predicted molar refractivity (Wildman–Crippen MR) is 263 cm³/mol. The van der Waals surface area contributed by atoms with E-state index in [0.29, 0.717) is 41.6 Å². The first-order valence-corrected chi connectivity index (χ1v) is 26.0. The number of nitrogens with one attached hydrogen (secondary N) is 3. The Morgan fingerprint density at radius 3 is 2.59 bits per heavy atom. The molecule has 4 atom stereocenters. The van der Waals surface area contributed by atoms with Crippen LogP contribution >= 0.6 is 0 Å². The Balaban J connectivity index is 0.873. The van der Waals surface area contributed by atoms with Crippen LogP contribution in [0.4, 0.5) is 28.4 Å². The third-order valence-corrected chi connectivity index (χ3v) is 16.3. The number of nitro benzene ring substituents is 1. The van der Waals surface area contributed by atoms with Gasteiger partial charge in [-0.05, 0) is 115 Å². The molecule has 3 saturated heterocycles. The third kappa shape index (κ3) is 8.64. The van der Waals surface area contributed by atoms with Crippen LogP contribution in [0, 0.1) is 15.5 Å². The van der Waals surface area contributed by atoms with Crippen LogP contribution in [0.2, 0.25) is 0 Å². The number of nitro groups is 1. The second kappa shape index (κ2) is 18.2. The summed E-state index contributed by atoms with van der Waals surface area (Å²) in [4.78, 5) is 40.9. The zero-order chi connectivity index (χ0) is 48.5. The highest BCUT2D eigenvalue weighted by atomic mass is 32.2. The number of hydrogen-bond donors (Lipinski definition) is 3. The lowest BCUT2D eigenvalue weighted by atomic mass is 9.60. The lowest BCUT2D eigenvalue weighted by molar-refractivity contribution is -0.384. The minimum Gasteiger partial charge on any atom is -0.491 e. The van der Waals surface area contributed by atoms with E-state index >= 15 is 0 Å². The number of sulfonamides is 1. The number of benzene rings is 3. The molecule has 3 N–H and O–H groups in total. The van der Waals surface area contributed by atoms with Crippen molar-refractivity contribution in [2.75, 3.05) is 61.2 Å². The van der Waals surface area contributed by atoms with Crippen molar-refractivity contribution >= 4 is 55.4 Å². The molecule has 1 amide bonds. The first-order valence-electron chi connectivity index (χ1n) is 24.6. The highest BCUT2D eigenvalue weighted by Crippen LogP contribution is 2.55. The molecular formula is C51H60N8O10S. The molecular weight excluding hydrogens is 917 g/mol. The zero-order valence-electron chi connectivity index (χ0n) is 39.9. The topological polar surface area (TPSA) is 203 Å². The molecule has 0 radical (unpaired) electrons. The highest BCUT2D eigenvalue weighted by Gasteiger charge is 2.50. The smallest absolute Gasteiger partial charge is 0.297 e. The van der Waals surface area contributed by atoms with Crippen molar-refractivity contribution in [3.05, 3.63) is 94.2 Å². The first kappa shape index (κ1) is 46.2. The molecule has 0 unspecified atom stereocenters. The molecule has 1 aliphatic carbocycles. The Hall–Kier alpha value is -6.15. The van der Waals surface area contributed by atoms with Crippen LogP contribution in [-0.4, -0.2) is 117 Å². The van der Waals surface area contributed by atoms with Gasteiger partial charge in [0.25, 0.3) is 21.6 Å². The molecule has 2 aromatic heterocycles. The van der Waals surface area contributed by atoms with Crippen molar-refractivity contribution in [2.45, 2.75) is 114 Å². The molecule has 3 aromatic carbocycles. The first-order chi connectivity index (χ1) is 33.7. The number of likely N-dealkylation sites (tertiary alicyclic amines) is 1. The van der Waals surface area contributed by atoms with Crippen LogP contribution in [0.5, 0.6) is 17.4 Å². The number of aromatic nitrogens is 2. The minimum atomic E-state index is -4.70. The quantitative estimate of drug-likeness (QED) is 0.0760. The number of amides is 1. The monoisotopic (exact) mass is 976 g/mol. The maximum absolute atomic E-state index is 14.7. The molecule has 18 nitrogen and oxygen atoms in total. The Morgan fingerprint density at radius 1 is 0.986 bits per heavy atom. The number of para-hydroxylation sites is 1. The van der Waals surface area contributed by atoms with Crippen molar-refractivity contribution in [1.29, 1.82) is 0 Å². The van der Waals surface area contributed by atoms with Gasteiger partial charge in [0.15, 0.2) is 11.4 Å². The summed E-state index contributed by atoms with van der Waals surface area (Å²) in [5.41, 5.74) is 3.74. The van der Waals surface area contributed by atoms with Crippen LogP contribution in [-0.2, 0) is 19.5 Å². The fraction of sp³-hybridized carbons (Fsp3) is 0.490. The Morgan fingerprint density at radius 2 is 1.80 bits per heavy atom. The summed E-state index contributed by atoms with van der Waals surface area (Å²) in [6, 6.07) is 20.1. The normalized spacial score (nSPS) is 23.1. The molecule has 4 fully saturated rings. The van der Waals surface area contributed by atoms with Crippen molar-refractivity contribution in [3.8, 4) is 17.4 Å². The van der Waals surface area contributed by atoms with Crippen LogP contribution in [0.15, 0.2) is 77.8 Å². The molecule has 0 bridgehead atoms. The third-order valence-electron chi connectivity index (χ3n) is 15.0. The Labute approximate surface area is 407 Å². The summed E-state index contributed by atoms with van der Waals surface area (Å²) < 4.78 is 60.9. The number of ether oxygens (including phenoxy) is 5. The molecule has 7 heterocycles. The number of nitrogens with zero attached hydrogens (tertiary/aromatic N) is 5. The number of rotatable bonds is 13. The summed E-state index contributed by atoms with van der Waals surface area (Å²) >= 11 is 0. The van der Waals surface area contributed by atoms with Crippen molar-refractivity contribution < 1.29 is 41.8 Å². The van der Waals surface area contributed by atoms with Gasteiger partial charge < -0.3 is 43.8 Å². The summed E-state index contributed by atoms with van der Waals surface area (Å²) in [5.74, 6) is 0.410. The fourth-order valence-electron chi connectivity index (χ4n) is 11.5. The molecule has 1 saturated carbocycles. The number of anilines is 4. The maximum Gasteiger partial charge on any atom is 0.297 e. The van der Waals surface area contributed by atoms with Gasteiger partial charge in [-0.3, -0.25) is 19.8 Å². The van der Waals surface area contributed by atoms with E-state index in [9.17, 15) is 23.3 Å². The van der Waals surface area contributed by atoms with Crippen LogP contribution in [0.3, 0.4) is 0 Å². The second-order valence-corrected chi connectivity index (χ2v) is 21.9. The molecule has 1 spiro atoms. The molecule has 19 heteroatoms. The highest BCUT2D eigenvalue weighted by molar-refractivity contribution is 7.90. The van der Waals surface area contributed by atoms with Crippen LogP contribution < -0.4 is 34.0 Å². The lowest BCUT2D eigenvalue weighted by Gasteiger charge is -2.56. The summed E-state index contributed by atoms with van der Waals surface area (Å²) in [7, 11) is -4.70. The number of piperidine rings is 1. The van der Waals surface area contributed by atoms with E-state index in [-0.39, 0.29) is 60.5 Å². The van der Waals surface area contributed by atoms with E-state index in [2.05, 4.69) is 62.9 Å². The van der Waals surface area contributed by atoms with Crippen LogP contribution in [0.1, 0.15) is 88.2 Å². The summed E-state index contributed by atoms with van der Waals surface area (Å²) in [6.07, 6.45) is 8.07. The largest absolute Gasteiger partial charge is 0.491 e. The van der Waals surface area contributed by atoms with Crippen LogP contribution in [0.25, 0.3) is 11.0 Å². The fourth-order valence-corrected chi connectivity index (χ4v) is 12.5. The SMILES string of the molecule is CC(C)OC[C@H]1COc2cc(S(=O)(=O)NC(=O)c3ccc(N4CCC5(CC4)CC(N4CCC[C@H]4c4ccccc4OC(C)C)C5)cc3N3c4cc5cc[nH]c5nc4O[C@@H]4COC[C@H]43)cc([N+](=O)[O-])c2N1. The standard InChI is InChI=1S/C51H60N8O10S/c1-30(2)66-26-33-27-67-45-23-36(22-41(59(61)62)47(45)53-33)70(63,64)55-49(60)38-12-11-34(21-40(38)58-42-20-32-13-16-52-48(32)54-50(42)69-46-29-65-28-43(46)58)56-18-14-51(15-19-56)24-35(25-51)57-17-7-9-39(57)37-8-5-6-10-44(37)68-31(3)4/h5-6,8,10-13,16,20-23,30-31,33,35,39,43,46,53H,7,9,14-15,17-19,24-29H2,1-4H3,(H,52,54)(H,55,60)/t33-,39-,43+,46+/m0/s1. The van der Waals surface area contributed by atoms with Gasteiger partial charge in [0.2, 0.25) is 5.88 Å². The number of carbonyl (C=O) groups excluding carboxylic acids is 1. The van der Waals surface area contributed by atoms with Crippen molar-refractivity contribution in [3.63, 3.8) is 0 Å². The van der Waals surface area contributed by atoms with E-state index in [0.717, 1.165) is 74.6 Å². The maximum atomic E-state index is 14.7. The lowest BCUT2D eigenvalue weighted by Crippen LogP contribution is -2.55. The van der Waals surface area contributed by atoms with Crippen molar-refractivity contribution in [1.82, 2.24) is 19.6 Å². The number of H-pyrrole nitrogens is 1. The average Bonchev–Trinajstić information content (AvgIpc) is 4.12. The Bertz CT molecular complexity index is 2930. The Kier molecular flexibility index (Phi) is 12.0. The molecule has 70 heavy (non-hydrogen) atoms. The van der Waals surface area contributed by atoms with Gasteiger partial charge in [-0.25, -0.2) is 13.1 Å². The molecule has 370 valence electrons. The van der Waals surface area contributed by atoms with Gasteiger partial charge in [-0.1, -0.05) is 18.2 Å². The number of carbonyl (C=O) groups is 1. The van der Waals surface area contributed by atoms with E-state index in [1.54, 1.807) is 12.3 Å². The zero-order valence-corrected chi connectivity index (χ0v) is 40.7. The van der Waals surface area contributed by atoms with Crippen molar-refractivity contribution in [2.24, 2.45) is 5.41 Å². The van der Waals surface area contributed by atoms with E-state index < -0.39 is 43.6 Å². The van der Waals surface area contributed by atoms with Gasteiger partial charge >= 0.3 is 0 Å². The molecule has 6 aliphatic rings. The van der Waals surface area contributed by atoms with Gasteiger partial charge in [-0.2, -0.15) is 4.98 Å². The molecule has 11 rings (SSSR count). The number of hydrogen-bond acceptors (Lipinski definition) is 15. The molecule has 5 aliphatic heterocycles. The van der Waals surface area contributed by atoms with E-state index in [4.69, 9.17) is 28.7 Å². The summed E-state index contributed by atoms with van der Waals surface area (Å²) in [6.45, 7) is 11.5. The van der Waals surface area contributed by atoms with E-state index in [1.807, 2.05) is 43.0 Å².